The summed E-state index contributed by atoms with van der Waals surface area (Å²) in [7, 11) is 0. The summed E-state index contributed by atoms with van der Waals surface area (Å²) in [5.41, 5.74) is 2.67. The predicted octanol–water partition coefficient (Wildman–Crippen LogP) is 1.54. The highest BCUT2D eigenvalue weighted by Gasteiger charge is 2.10. The Morgan fingerprint density at radius 3 is 3.38 bits per heavy atom. The molecule has 0 saturated heterocycles. The molecule has 1 nitrogen and oxygen atoms in total. The zero-order valence-electron chi connectivity index (χ0n) is 4.42. The van der Waals surface area contributed by atoms with Crippen LogP contribution < -0.4 is 5.32 Å². The second kappa shape index (κ2) is 1.49. The van der Waals surface area contributed by atoms with Gasteiger partial charge < -0.3 is 0 Å². The van der Waals surface area contributed by atoms with E-state index < -0.39 is 0 Å². The Kier molecular flexibility index (Phi) is 0.815. The smallest absolute Gasteiger partial charge is 0.0713 e. The largest absolute Gasteiger partial charge is 0.284 e. The van der Waals surface area contributed by atoms with E-state index in [0.717, 1.165) is 6.54 Å². The summed E-state index contributed by atoms with van der Waals surface area (Å²) in [6.45, 7) is 1.01. The summed E-state index contributed by atoms with van der Waals surface area (Å²) in [5, 5.41) is 8.57. The van der Waals surface area contributed by atoms with Gasteiger partial charge in [0.15, 0.2) is 0 Å². The van der Waals surface area contributed by atoms with Crippen molar-refractivity contribution in [2.24, 2.45) is 0 Å². The first-order chi connectivity index (χ1) is 3.97. The van der Waals surface area contributed by atoms with Crippen LogP contribution in [0.1, 0.15) is 5.56 Å². The molecular formula is C6H6NS. The maximum Gasteiger partial charge on any atom is 0.0713 e. The molecule has 0 bridgehead atoms. The number of fused-ring (bicyclic) bond motifs is 1. The second-order valence-corrected chi connectivity index (χ2v) is 2.66. The molecule has 0 unspecified atom stereocenters. The lowest BCUT2D eigenvalue weighted by Crippen LogP contribution is -1.88. The van der Waals surface area contributed by atoms with Crippen molar-refractivity contribution < 1.29 is 0 Å². The van der Waals surface area contributed by atoms with E-state index in [1.54, 1.807) is 11.3 Å². The van der Waals surface area contributed by atoms with Crippen molar-refractivity contribution >= 4 is 17.0 Å². The molecule has 0 amide bonds. The summed E-state index contributed by atoms with van der Waals surface area (Å²) < 4.78 is 0. The van der Waals surface area contributed by atoms with Crippen LogP contribution in [0.3, 0.4) is 0 Å². The number of nitrogens with zero attached hydrogens (tertiary/aromatic N) is 1. The first kappa shape index (κ1) is 4.39. The van der Waals surface area contributed by atoms with Gasteiger partial charge in [-0.3, -0.25) is 5.32 Å². The van der Waals surface area contributed by atoms with Gasteiger partial charge in [-0.15, -0.1) is 11.3 Å². The average molecular weight is 124 g/mol. The maximum atomic E-state index is 4.27. The van der Waals surface area contributed by atoms with Crippen LogP contribution in [0.25, 0.3) is 0 Å². The Hall–Kier alpha value is -0.500. The Morgan fingerprint density at radius 2 is 2.50 bits per heavy atom. The normalized spacial score (nSPS) is 15.5. The summed E-state index contributed by atoms with van der Waals surface area (Å²) in [5.74, 6) is 0. The molecule has 2 rings (SSSR count). The van der Waals surface area contributed by atoms with Crippen LogP contribution in [-0.4, -0.2) is 6.54 Å². The van der Waals surface area contributed by atoms with Gasteiger partial charge in [0.1, 0.15) is 0 Å². The number of thiophene rings is 1. The number of rotatable bonds is 0. The van der Waals surface area contributed by atoms with E-state index in [1.807, 2.05) is 0 Å². The van der Waals surface area contributed by atoms with Crippen LogP contribution in [0.2, 0.25) is 0 Å². The Bertz CT molecular complexity index is 174. The van der Waals surface area contributed by atoms with Gasteiger partial charge in [0.25, 0.3) is 0 Å². The quantitative estimate of drug-likeness (QED) is 0.498. The van der Waals surface area contributed by atoms with E-state index >= 15 is 0 Å². The molecule has 0 aromatic carbocycles. The fraction of sp³-hybridized carbons (Fsp3) is 0.333. The van der Waals surface area contributed by atoms with Gasteiger partial charge >= 0.3 is 0 Å². The zero-order valence-corrected chi connectivity index (χ0v) is 5.24. The standard InChI is InChI=1S/C6H6NS/c1-2-7-6-4-8-3-5(1)6/h3-4H,1-2H2. The molecule has 1 radical (unpaired) electrons. The van der Waals surface area contributed by atoms with Gasteiger partial charge in [0.05, 0.1) is 5.69 Å². The molecule has 0 spiro atoms. The molecule has 2 heterocycles. The molecule has 1 aromatic heterocycles. The van der Waals surface area contributed by atoms with E-state index in [2.05, 4.69) is 16.1 Å². The minimum Gasteiger partial charge on any atom is -0.284 e. The highest BCUT2D eigenvalue weighted by atomic mass is 32.1. The van der Waals surface area contributed by atoms with Crippen LogP contribution in [0, 0.1) is 0 Å². The van der Waals surface area contributed by atoms with Crippen molar-refractivity contribution in [3.05, 3.63) is 16.3 Å². The Balaban J connectivity index is 2.54. The molecule has 1 aliphatic rings. The maximum absolute atomic E-state index is 4.27. The SMILES string of the molecule is c1scc2c1CC[N]2. The molecule has 1 aliphatic heterocycles. The molecule has 0 fully saturated rings. The van der Waals surface area contributed by atoms with E-state index in [0.29, 0.717) is 0 Å². The second-order valence-electron chi connectivity index (χ2n) is 1.91. The van der Waals surface area contributed by atoms with Crippen LogP contribution in [-0.2, 0) is 6.42 Å². The van der Waals surface area contributed by atoms with E-state index in [-0.39, 0.29) is 0 Å². The van der Waals surface area contributed by atoms with Gasteiger partial charge in [-0.1, -0.05) is 0 Å². The lowest BCUT2D eigenvalue weighted by atomic mass is 10.3. The first-order valence-electron chi connectivity index (χ1n) is 2.69. The number of hydrogen-bond acceptors (Lipinski definition) is 1. The van der Waals surface area contributed by atoms with Crippen molar-refractivity contribution in [2.45, 2.75) is 6.42 Å². The molecular weight excluding hydrogens is 118 g/mol. The van der Waals surface area contributed by atoms with Gasteiger partial charge in [0, 0.05) is 11.9 Å². The molecule has 0 aliphatic carbocycles. The molecule has 0 N–H and O–H groups in total. The lowest BCUT2D eigenvalue weighted by molar-refractivity contribution is 0.909. The zero-order chi connectivity index (χ0) is 5.40. The molecule has 0 saturated carbocycles. The highest BCUT2D eigenvalue weighted by Crippen LogP contribution is 2.25. The minimum absolute atomic E-state index is 1.01. The third-order valence-corrected chi connectivity index (χ3v) is 2.16. The van der Waals surface area contributed by atoms with E-state index in [4.69, 9.17) is 0 Å². The fourth-order valence-electron chi connectivity index (χ4n) is 0.939. The number of hydrogen-bond donors (Lipinski definition) is 0. The highest BCUT2D eigenvalue weighted by molar-refractivity contribution is 7.08. The fourth-order valence-corrected chi connectivity index (χ4v) is 1.76. The van der Waals surface area contributed by atoms with Gasteiger partial charge in [-0.2, -0.15) is 0 Å². The summed E-state index contributed by atoms with van der Waals surface area (Å²) in [6, 6.07) is 0. The predicted molar refractivity (Wildman–Crippen MR) is 34.7 cm³/mol. The van der Waals surface area contributed by atoms with Crippen LogP contribution >= 0.6 is 11.3 Å². The average Bonchev–Trinajstić information content (AvgIpc) is 2.15. The Morgan fingerprint density at radius 1 is 1.50 bits per heavy atom. The minimum atomic E-state index is 1.01. The van der Waals surface area contributed by atoms with Crippen molar-refractivity contribution in [3.63, 3.8) is 0 Å². The van der Waals surface area contributed by atoms with Crippen LogP contribution in [0.15, 0.2) is 10.8 Å². The summed E-state index contributed by atoms with van der Waals surface area (Å²) in [6.07, 6.45) is 1.17. The monoisotopic (exact) mass is 124 g/mol. The van der Waals surface area contributed by atoms with E-state index in [9.17, 15) is 0 Å². The molecule has 0 atom stereocenters. The topological polar surface area (TPSA) is 14.1 Å². The van der Waals surface area contributed by atoms with Gasteiger partial charge in [0.2, 0.25) is 0 Å². The third-order valence-electron chi connectivity index (χ3n) is 1.38. The summed E-state index contributed by atoms with van der Waals surface area (Å²) in [4.78, 5) is 0. The molecule has 1 aromatic rings. The van der Waals surface area contributed by atoms with Crippen molar-refractivity contribution in [3.8, 4) is 0 Å². The van der Waals surface area contributed by atoms with Crippen LogP contribution in [0.5, 0.6) is 0 Å². The lowest BCUT2D eigenvalue weighted by Gasteiger charge is -1.81. The molecule has 8 heavy (non-hydrogen) atoms. The van der Waals surface area contributed by atoms with E-state index in [1.165, 1.54) is 17.7 Å². The first-order valence-corrected chi connectivity index (χ1v) is 3.63. The molecule has 2 heteroatoms. The van der Waals surface area contributed by atoms with Crippen molar-refractivity contribution in [1.82, 2.24) is 5.32 Å². The van der Waals surface area contributed by atoms with Crippen LogP contribution in [0.4, 0.5) is 5.69 Å². The Labute approximate surface area is 52.3 Å². The van der Waals surface area contributed by atoms with Gasteiger partial charge in [-0.25, -0.2) is 0 Å². The molecule has 41 valence electrons. The van der Waals surface area contributed by atoms with Crippen molar-refractivity contribution in [1.29, 1.82) is 0 Å². The van der Waals surface area contributed by atoms with Gasteiger partial charge in [-0.05, 0) is 17.4 Å². The third kappa shape index (κ3) is 0.464. The summed E-state index contributed by atoms with van der Waals surface area (Å²) >= 11 is 1.75. The van der Waals surface area contributed by atoms with Crippen molar-refractivity contribution in [2.75, 3.05) is 6.54 Å².